The van der Waals surface area contributed by atoms with Crippen LogP contribution >= 0.6 is 0 Å². The molecule has 0 saturated carbocycles. The van der Waals surface area contributed by atoms with E-state index < -0.39 is 0 Å². The summed E-state index contributed by atoms with van der Waals surface area (Å²) in [7, 11) is 2.02. The van der Waals surface area contributed by atoms with Crippen LogP contribution in [0.4, 0.5) is 39.8 Å². The second kappa shape index (κ2) is 13.4. The van der Waals surface area contributed by atoms with Gasteiger partial charge in [0.1, 0.15) is 5.82 Å². The first-order chi connectivity index (χ1) is 25.7. The molecule has 8 heteroatoms. The number of hydrogen-bond acceptors (Lipinski definition) is 6. The molecular formula is C45H31N6OPt-3. The van der Waals surface area contributed by atoms with Crippen LogP contribution < -0.4 is 19.4 Å². The Bertz CT molecular complexity index is 2640. The molecule has 0 bridgehead atoms. The molecule has 0 spiro atoms. The molecule has 0 atom stereocenters. The Morgan fingerprint density at radius 3 is 2.28 bits per heavy atom. The van der Waals surface area contributed by atoms with Gasteiger partial charge in [0.2, 0.25) is 0 Å². The first kappa shape index (κ1) is 32.6. The van der Waals surface area contributed by atoms with E-state index in [1.54, 1.807) is 0 Å². The summed E-state index contributed by atoms with van der Waals surface area (Å²) in [5.74, 6) is 2.34. The maximum Gasteiger partial charge on any atom is 0.175 e. The maximum atomic E-state index is 6.90. The first-order valence-electron chi connectivity index (χ1n) is 17.2. The van der Waals surface area contributed by atoms with E-state index in [-0.39, 0.29) is 21.1 Å². The number of nitrogens with zero attached hydrogens (tertiary/aromatic N) is 6. The molecular weight excluding hydrogens is 836 g/mol. The molecule has 0 amide bonds. The quantitative estimate of drug-likeness (QED) is 0.155. The van der Waals surface area contributed by atoms with E-state index in [0.29, 0.717) is 0 Å². The third-order valence-electron chi connectivity index (χ3n) is 9.53. The molecule has 2 aliphatic heterocycles. The third-order valence-corrected chi connectivity index (χ3v) is 9.53. The number of ether oxygens (including phenoxy) is 1. The van der Waals surface area contributed by atoms with Crippen LogP contribution in [0.2, 0.25) is 0 Å². The fraction of sp³-hybridized carbons (Fsp3) is 0.0222. The molecule has 0 N–H and O–H groups in total. The van der Waals surface area contributed by atoms with Crippen molar-refractivity contribution >= 4 is 61.6 Å². The van der Waals surface area contributed by atoms with Crippen molar-refractivity contribution in [1.29, 1.82) is 0 Å². The van der Waals surface area contributed by atoms with Crippen LogP contribution in [0.5, 0.6) is 11.5 Å². The number of aromatic nitrogens is 2. The predicted octanol–water partition coefficient (Wildman–Crippen LogP) is 11.2. The summed E-state index contributed by atoms with van der Waals surface area (Å²) < 4.78 is 9.09. The van der Waals surface area contributed by atoms with Crippen LogP contribution in [-0.4, -0.2) is 21.5 Å². The van der Waals surface area contributed by atoms with Crippen molar-refractivity contribution in [3.8, 4) is 17.3 Å². The van der Waals surface area contributed by atoms with Crippen molar-refractivity contribution in [3.05, 3.63) is 183 Å². The van der Waals surface area contributed by atoms with Gasteiger partial charge in [-0.1, -0.05) is 77.6 Å². The Morgan fingerprint density at radius 2 is 1.43 bits per heavy atom. The molecule has 7 nitrogen and oxygen atoms in total. The molecule has 0 aliphatic carbocycles. The van der Waals surface area contributed by atoms with Crippen molar-refractivity contribution in [1.82, 2.24) is 14.5 Å². The smallest absolute Gasteiger partial charge is 0.175 e. The zero-order valence-corrected chi connectivity index (χ0v) is 30.8. The fourth-order valence-corrected chi connectivity index (χ4v) is 7.24. The number of rotatable bonds is 6. The van der Waals surface area contributed by atoms with Gasteiger partial charge in [-0.15, -0.1) is 41.4 Å². The third kappa shape index (κ3) is 5.52. The second-order valence-electron chi connectivity index (χ2n) is 12.8. The van der Waals surface area contributed by atoms with Gasteiger partial charge in [0.15, 0.2) is 11.5 Å². The molecule has 8 aromatic rings. The Kier molecular flexibility index (Phi) is 8.21. The van der Waals surface area contributed by atoms with Crippen molar-refractivity contribution < 1.29 is 25.8 Å². The summed E-state index contributed by atoms with van der Waals surface area (Å²) in [6.07, 6.45) is 5.89. The SMILES string of the molecule is CN1C=CN(c2[c-]c(N(c3[c-]c4c(cc3)c3ccccc3n4-c3ccccn3)c3cccc4c3Oc3ccccc3N4c3ccccc3)ccc2)[CH-]1.[Pt]. The average Bonchev–Trinajstić information content (AvgIpc) is 3.79. The number of anilines is 7. The Labute approximate surface area is 322 Å². The summed E-state index contributed by atoms with van der Waals surface area (Å²) in [6.45, 7) is 2.03. The summed E-state index contributed by atoms with van der Waals surface area (Å²) in [5.41, 5.74) is 8.40. The number of benzene rings is 6. The second-order valence-corrected chi connectivity index (χ2v) is 12.8. The van der Waals surface area contributed by atoms with E-state index in [4.69, 9.17) is 9.72 Å². The molecule has 0 radical (unpaired) electrons. The Morgan fingerprint density at radius 1 is 0.660 bits per heavy atom. The normalized spacial score (nSPS) is 13.1. The Hall–Kier alpha value is -6.30. The minimum atomic E-state index is 0. The predicted molar refractivity (Wildman–Crippen MR) is 209 cm³/mol. The molecule has 53 heavy (non-hydrogen) atoms. The van der Waals surface area contributed by atoms with Crippen molar-refractivity contribution in [2.45, 2.75) is 0 Å². The van der Waals surface area contributed by atoms with Gasteiger partial charge in [-0.2, -0.15) is 18.8 Å². The van der Waals surface area contributed by atoms with Crippen LogP contribution in [0.25, 0.3) is 27.6 Å². The number of para-hydroxylation sites is 5. The molecule has 260 valence electrons. The van der Waals surface area contributed by atoms with E-state index in [1.165, 1.54) is 0 Å². The van der Waals surface area contributed by atoms with Gasteiger partial charge in [-0.25, -0.2) is 4.98 Å². The molecule has 0 unspecified atom stereocenters. The molecule has 2 aromatic heterocycles. The maximum absolute atomic E-state index is 6.90. The van der Waals surface area contributed by atoms with Crippen LogP contribution in [0.15, 0.2) is 164 Å². The molecule has 0 saturated heterocycles. The van der Waals surface area contributed by atoms with Crippen molar-refractivity contribution in [2.75, 3.05) is 21.7 Å². The van der Waals surface area contributed by atoms with Gasteiger partial charge in [0.25, 0.3) is 0 Å². The number of hydrogen-bond donors (Lipinski definition) is 0. The molecule has 4 heterocycles. The number of pyridine rings is 1. The molecule has 10 rings (SSSR count). The minimum absolute atomic E-state index is 0. The summed E-state index contributed by atoms with van der Waals surface area (Å²) in [5, 5.41) is 2.24. The zero-order valence-electron chi connectivity index (χ0n) is 28.6. The van der Waals surface area contributed by atoms with E-state index in [2.05, 4.69) is 135 Å². The van der Waals surface area contributed by atoms with Gasteiger partial charge < -0.3 is 28.9 Å². The minimum Gasteiger partial charge on any atom is -0.510 e. The topological polar surface area (TPSA) is 40.0 Å². The van der Waals surface area contributed by atoms with Crippen LogP contribution in [-0.2, 0) is 21.1 Å². The van der Waals surface area contributed by atoms with E-state index in [9.17, 15) is 0 Å². The van der Waals surface area contributed by atoms with Crippen molar-refractivity contribution in [3.63, 3.8) is 0 Å². The monoisotopic (exact) mass is 866 g/mol. The molecule has 6 aromatic carbocycles. The van der Waals surface area contributed by atoms with Crippen LogP contribution in [0.1, 0.15) is 0 Å². The van der Waals surface area contributed by atoms with E-state index in [1.807, 2.05) is 79.7 Å². The van der Waals surface area contributed by atoms with Gasteiger partial charge in [-0.3, -0.25) is 0 Å². The van der Waals surface area contributed by atoms with Crippen LogP contribution in [0.3, 0.4) is 0 Å². The largest absolute Gasteiger partial charge is 0.510 e. The number of fused-ring (bicyclic) bond motifs is 5. The van der Waals surface area contributed by atoms with E-state index in [0.717, 1.165) is 78.9 Å². The van der Waals surface area contributed by atoms with Crippen molar-refractivity contribution in [2.24, 2.45) is 0 Å². The molecule has 0 fully saturated rings. The van der Waals surface area contributed by atoms with E-state index >= 15 is 0 Å². The zero-order chi connectivity index (χ0) is 34.6. The van der Waals surface area contributed by atoms with Gasteiger partial charge in [0.05, 0.1) is 17.1 Å². The fourth-order valence-electron chi connectivity index (χ4n) is 7.24. The molecule has 2 aliphatic rings. The standard InChI is InChI=1S/C45H31N6O.Pt/c1-47-27-28-48(31-47)33-15-11-16-34(29-33)49(35-24-25-37-36-17-5-6-18-38(36)51(42(37)30-35)44-23-9-10-26-46-44)40-20-12-21-41-45(40)52-43-22-8-7-19-39(43)50(41)32-13-3-2-4-14-32;/h2-28,31H,1H3;/q-3;. The van der Waals surface area contributed by atoms with Gasteiger partial charge in [0, 0.05) is 38.5 Å². The van der Waals surface area contributed by atoms with Gasteiger partial charge in [-0.05, 0) is 79.4 Å². The van der Waals surface area contributed by atoms with Gasteiger partial charge >= 0.3 is 0 Å². The van der Waals surface area contributed by atoms with Crippen LogP contribution in [0, 0.1) is 18.8 Å². The summed E-state index contributed by atoms with van der Waals surface area (Å²) >= 11 is 0. The first-order valence-corrected chi connectivity index (χ1v) is 17.2. The summed E-state index contributed by atoms with van der Waals surface area (Å²) in [4.78, 5) is 13.3. The summed E-state index contributed by atoms with van der Waals surface area (Å²) in [6, 6.07) is 57.5. The average molecular weight is 867 g/mol. The Balaban J connectivity index is 0.00000372.